The van der Waals surface area contributed by atoms with E-state index < -0.39 is 0 Å². The molecular weight excluding hydrogens is 519 g/mol. The number of piperazine rings is 3. The molecule has 0 aliphatic carbocycles. The summed E-state index contributed by atoms with van der Waals surface area (Å²) in [5.74, 6) is 2.64. The first-order valence-electron chi connectivity index (χ1n) is 11.6. The lowest BCUT2D eigenvalue weighted by molar-refractivity contribution is 0.0174. The summed E-state index contributed by atoms with van der Waals surface area (Å²) >= 11 is 0. The number of likely N-dealkylation sites (tertiary alicyclic amines) is 1. The van der Waals surface area contributed by atoms with Crippen molar-refractivity contribution >= 4 is 29.9 Å². The van der Waals surface area contributed by atoms with Gasteiger partial charge in [0, 0.05) is 77.1 Å². The quantitative estimate of drug-likeness (QED) is 0.285. The number of halogens is 1. The number of hydrogen-bond acceptors (Lipinski definition) is 6. The van der Waals surface area contributed by atoms with Crippen molar-refractivity contribution < 1.29 is 9.47 Å². The van der Waals surface area contributed by atoms with Crippen molar-refractivity contribution in [3.8, 4) is 11.5 Å². The fourth-order valence-electron chi connectivity index (χ4n) is 4.92. The summed E-state index contributed by atoms with van der Waals surface area (Å²) < 4.78 is 10.8. The highest BCUT2D eigenvalue weighted by Gasteiger charge is 2.31. The molecule has 2 unspecified atom stereocenters. The third-order valence-electron chi connectivity index (χ3n) is 6.63. The zero-order valence-electron chi connectivity index (χ0n) is 19.7. The fourth-order valence-corrected chi connectivity index (χ4v) is 4.92. The van der Waals surface area contributed by atoms with Gasteiger partial charge in [0.15, 0.2) is 5.96 Å². The molecule has 1 aromatic rings. The van der Waals surface area contributed by atoms with Crippen LogP contribution in [0.15, 0.2) is 23.2 Å². The second kappa shape index (κ2) is 12.2. The van der Waals surface area contributed by atoms with Crippen molar-refractivity contribution in [2.75, 3.05) is 73.1 Å². The molecule has 2 N–H and O–H groups in total. The van der Waals surface area contributed by atoms with Gasteiger partial charge in [0.05, 0.1) is 20.8 Å². The molecule has 5 rings (SSSR count). The van der Waals surface area contributed by atoms with E-state index in [2.05, 4.69) is 44.4 Å². The Balaban J connectivity index is 0.00000289. The van der Waals surface area contributed by atoms with Crippen molar-refractivity contribution in [1.82, 2.24) is 25.3 Å². The van der Waals surface area contributed by atoms with E-state index in [1.165, 1.54) is 31.7 Å². The number of methoxy groups -OCH3 is 2. The molecule has 9 heteroatoms. The Morgan fingerprint density at radius 2 is 1.75 bits per heavy atom. The molecule has 8 nitrogen and oxygen atoms in total. The van der Waals surface area contributed by atoms with Gasteiger partial charge in [0.1, 0.15) is 11.5 Å². The Morgan fingerprint density at radius 3 is 2.34 bits per heavy atom. The Morgan fingerprint density at radius 1 is 1.03 bits per heavy atom. The van der Waals surface area contributed by atoms with E-state index in [0.29, 0.717) is 12.1 Å². The molecule has 0 saturated carbocycles. The molecule has 0 radical (unpaired) electrons. The number of aliphatic imine (C=N–C) groups is 1. The van der Waals surface area contributed by atoms with Crippen LogP contribution in [0.25, 0.3) is 0 Å². The van der Waals surface area contributed by atoms with Crippen LogP contribution in [-0.4, -0.2) is 106 Å². The van der Waals surface area contributed by atoms with Crippen molar-refractivity contribution in [2.24, 2.45) is 4.99 Å². The van der Waals surface area contributed by atoms with Gasteiger partial charge in [-0.3, -0.25) is 19.7 Å². The number of ether oxygens (including phenoxy) is 2. The largest absolute Gasteiger partial charge is 0.497 e. The normalized spacial score (nSPS) is 27.7. The van der Waals surface area contributed by atoms with Crippen LogP contribution >= 0.6 is 24.0 Å². The van der Waals surface area contributed by atoms with Crippen LogP contribution in [0.1, 0.15) is 18.9 Å². The lowest BCUT2D eigenvalue weighted by Crippen LogP contribution is -2.62. The van der Waals surface area contributed by atoms with E-state index in [9.17, 15) is 0 Å². The highest BCUT2D eigenvalue weighted by molar-refractivity contribution is 14.0. The topological polar surface area (TPSA) is 64.6 Å². The number of fused-ring (bicyclic) bond motifs is 3. The number of hydrogen-bond donors (Lipinski definition) is 2. The number of benzene rings is 1. The van der Waals surface area contributed by atoms with Crippen LogP contribution in [0.3, 0.4) is 0 Å². The Bertz CT molecular complexity index is 734. The van der Waals surface area contributed by atoms with Gasteiger partial charge in [-0.15, -0.1) is 24.0 Å². The second-order valence-corrected chi connectivity index (χ2v) is 8.80. The Hall–Kier alpha value is -1.30. The molecule has 4 aliphatic heterocycles. The average molecular weight is 559 g/mol. The second-order valence-electron chi connectivity index (χ2n) is 8.80. The average Bonchev–Trinajstić information content (AvgIpc) is 3.24. The summed E-state index contributed by atoms with van der Waals surface area (Å²) in [6, 6.07) is 7.08. The first-order valence-corrected chi connectivity index (χ1v) is 11.6. The van der Waals surface area contributed by atoms with Crippen molar-refractivity contribution in [2.45, 2.75) is 32.0 Å². The van der Waals surface area contributed by atoms with E-state index in [1.807, 2.05) is 6.07 Å². The Kier molecular flexibility index (Phi) is 9.69. The summed E-state index contributed by atoms with van der Waals surface area (Å²) in [7, 11) is 3.39. The van der Waals surface area contributed by atoms with E-state index >= 15 is 0 Å². The molecule has 0 aromatic heterocycles. The number of guanidine groups is 1. The van der Waals surface area contributed by atoms with Gasteiger partial charge in [0.2, 0.25) is 0 Å². The van der Waals surface area contributed by atoms with E-state index in [0.717, 1.165) is 63.1 Å². The summed E-state index contributed by atoms with van der Waals surface area (Å²) in [4.78, 5) is 12.6. The molecule has 4 saturated heterocycles. The molecule has 0 spiro atoms. The van der Waals surface area contributed by atoms with E-state index in [1.54, 1.807) is 14.2 Å². The summed E-state index contributed by atoms with van der Waals surface area (Å²) in [5, 5.41) is 7.12. The van der Waals surface area contributed by atoms with E-state index in [4.69, 9.17) is 14.5 Å². The summed E-state index contributed by atoms with van der Waals surface area (Å²) in [5.41, 5.74) is 1.22. The maximum atomic E-state index is 5.42. The zero-order chi connectivity index (χ0) is 21.6. The SMILES string of the molecule is CCNC(=NCC1CN2CCN1CC2)NC1CCN(Cc2cc(OC)cc(OC)c2)C1.I. The minimum Gasteiger partial charge on any atom is -0.497 e. The predicted octanol–water partition coefficient (Wildman–Crippen LogP) is 1.45. The van der Waals surface area contributed by atoms with Crippen LogP contribution < -0.4 is 20.1 Å². The highest BCUT2D eigenvalue weighted by atomic mass is 127. The minimum atomic E-state index is 0. The standard InChI is InChI=1S/C23H38N6O2.HI/c1-4-24-23(25-14-20-17-27-7-9-29(20)10-8-27)26-19-5-6-28(16-19)15-18-11-21(30-2)13-22(12-18)31-3;/h11-13,19-20H,4-10,14-17H2,1-3H3,(H2,24,25,26);1H. The summed E-state index contributed by atoms with van der Waals surface area (Å²) in [6.45, 7) is 12.8. The summed E-state index contributed by atoms with van der Waals surface area (Å²) in [6.07, 6.45) is 1.12. The molecule has 180 valence electrons. The smallest absolute Gasteiger partial charge is 0.191 e. The van der Waals surface area contributed by atoms with Crippen molar-refractivity contribution in [3.05, 3.63) is 23.8 Å². The maximum absolute atomic E-state index is 5.42. The van der Waals surface area contributed by atoms with Crippen molar-refractivity contribution in [1.29, 1.82) is 0 Å². The van der Waals surface area contributed by atoms with Crippen LogP contribution in [-0.2, 0) is 6.54 Å². The number of nitrogens with one attached hydrogen (secondary N) is 2. The van der Waals surface area contributed by atoms with E-state index in [-0.39, 0.29) is 24.0 Å². The number of rotatable bonds is 8. The minimum absolute atomic E-state index is 0. The molecule has 4 heterocycles. The highest BCUT2D eigenvalue weighted by Crippen LogP contribution is 2.24. The Labute approximate surface area is 209 Å². The van der Waals surface area contributed by atoms with Gasteiger partial charge < -0.3 is 20.1 Å². The van der Waals surface area contributed by atoms with Gasteiger partial charge in [-0.05, 0) is 31.0 Å². The van der Waals surface area contributed by atoms with Gasteiger partial charge in [-0.1, -0.05) is 0 Å². The van der Waals surface area contributed by atoms with Gasteiger partial charge >= 0.3 is 0 Å². The molecule has 32 heavy (non-hydrogen) atoms. The molecule has 4 fully saturated rings. The maximum Gasteiger partial charge on any atom is 0.191 e. The molecule has 1 aromatic carbocycles. The zero-order valence-corrected chi connectivity index (χ0v) is 22.0. The van der Waals surface area contributed by atoms with Gasteiger partial charge in [-0.25, -0.2) is 0 Å². The van der Waals surface area contributed by atoms with Crippen LogP contribution in [0.4, 0.5) is 0 Å². The predicted molar refractivity (Wildman–Crippen MR) is 140 cm³/mol. The molecule has 2 bridgehead atoms. The van der Waals surface area contributed by atoms with Gasteiger partial charge in [-0.2, -0.15) is 0 Å². The molecule has 2 atom stereocenters. The third-order valence-corrected chi connectivity index (χ3v) is 6.63. The van der Waals surface area contributed by atoms with Crippen LogP contribution in [0.5, 0.6) is 11.5 Å². The van der Waals surface area contributed by atoms with Crippen LogP contribution in [0.2, 0.25) is 0 Å². The molecular formula is C23H39IN6O2. The first kappa shape index (κ1) is 25.3. The molecule has 4 aliphatic rings. The monoisotopic (exact) mass is 558 g/mol. The molecule has 0 amide bonds. The van der Waals surface area contributed by atoms with Crippen LogP contribution in [0, 0.1) is 0 Å². The lowest BCUT2D eigenvalue weighted by atomic mass is 10.1. The fraction of sp³-hybridized carbons (Fsp3) is 0.696. The van der Waals surface area contributed by atoms with Gasteiger partial charge in [0.25, 0.3) is 0 Å². The lowest BCUT2D eigenvalue weighted by Gasteiger charge is -2.47. The first-order chi connectivity index (χ1) is 15.2. The number of nitrogens with zero attached hydrogens (tertiary/aromatic N) is 4. The third kappa shape index (κ3) is 6.61. The van der Waals surface area contributed by atoms with Crippen molar-refractivity contribution in [3.63, 3.8) is 0 Å².